The first-order chi connectivity index (χ1) is 27.6. The van der Waals surface area contributed by atoms with Gasteiger partial charge in [0.1, 0.15) is 5.56 Å². The minimum Gasteiger partial charge on any atom is -0.466 e. The third-order valence-electron chi connectivity index (χ3n) is 3.69. The van der Waals surface area contributed by atoms with Crippen LogP contribution in [0.4, 0.5) is 0 Å². The first kappa shape index (κ1) is 71.0. The van der Waals surface area contributed by atoms with Gasteiger partial charge in [-0.2, -0.15) is 16.8 Å². The molecule has 0 heterocycles. The van der Waals surface area contributed by atoms with Crippen LogP contribution in [0.2, 0.25) is 0 Å². The summed E-state index contributed by atoms with van der Waals surface area (Å²) in [5, 5.41) is 0. The van der Waals surface area contributed by atoms with Crippen LogP contribution >= 0.6 is 71.8 Å². The quantitative estimate of drug-likeness (QED) is 0.0218. The number of rotatable bonds is 19. The molecule has 4 atom stereocenters. The Bertz CT molecular complexity index is 1580. The summed E-state index contributed by atoms with van der Waals surface area (Å²) in [6.07, 6.45) is 2.48. The number of phosphoric acid groups is 2. The molecule has 4 unspecified atom stereocenters. The molecule has 0 aliphatic heterocycles. The second-order valence-electron chi connectivity index (χ2n) is 8.99. The lowest BCUT2D eigenvalue weighted by molar-refractivity contribution is -0.157. The van der Waals surface area contributed by atoms with Gasteiger partial charge in [-0.25, -0.2) is 37.0 Å². The van der Waals surface area contributed by atoms with Crippen LogP contribution in [-0.4, -0.2) is 120 Å². The van der Waals surface area contributed by atoms with Crippen LogP contribution in [0.1, 0.15) is 62.3 Å². The molecule has 0 aromatic carbocycles. The summed E-state index contributed by atoms with van der Waals surface area (Å²) >= 11 is 15.6. The Kier molecular flexibility index (Phi) is 47.8. The van der Waals surface area contributed by atoms with E-state index in [4.69, 9.17) is 71.0 Å². The molecule has 0 spiro atoms. The maximum atomic E-state index is 12.0. The van der Waals surface area contributed by atoms with Crippen LogP contribution in [0.5, 0.6) is 0 Å². The van der Waals surface area contributed by atoms with E-state index in [1.165, 1.54) is 41.9 Å². The van der Waals surface area contributed by atoms with Crippen molar-refractivity contribution in [3.63, 3.8) is 0 Å². The van der Waals surface area contributed by atoms with Crippen molar-refractivity contribution in [2.75, 3.05) is 40.6 Å². The predicted molar refractivity (Wildman–Crippen MR) is 220 cm³/mol. The van der Waals surface area contributed by atoms with E-state index in [9.17, 15) is 41.5 Å². The van der Waals surface area contributed by atoms with E-state index in [1.807, 2.05) is 0 Å². The Morgan fingerprint density at radius 1 is 0.607 bits per heavy atom. The molecule has 0 aliphatic carbocycles. The molecule has 0 aliphatic rings. The minimum absolute atomic E-state index is 0.111. The highest BCUT2D eigenvalue weighted by Crippen LogP contribution is 2.50. The Balaban J connectivity index is -0.000000159. The van der Waals surface area contributed by atoms with Crippen molar-refractivity contribution in [3.8, 4) is 0 Å². The molecule has 0 radical (unpaired) electrons. The number of phosphoric ester groups is 2. The topological polar surface area (TPSA) is 330 Å². The van der Waals surface area contributed by atoms with Gasteiger partial charge in [0, 0.05) is 52.6 Å². The summed E-state index contributed by atoms with van der Waals surface area (Å²) < 4.78 is 117. The zero-order chi connectivity index (χ0) is 49.6. The summed E-state index contributed by atoms with van der Waals surface area (Å²) in [5.74, 6) is -3.20. The van der Waals surface area contributed by atoms with Gasteiger partial charge in [-0.1, -0.05) is 34.8 Å². The van der Waals surface area contributed by atoms with Crippen molar-refractivity contribution in [3.05, 3.63) is 24.3 Å². The molecule has 364 valence electrons. The molecular formula is C28H51Cl5O24P2S2. The first-order valence-corrected chi connectivity index (χ1v) is 24.9. The summed E-state index contributed by atoms with van der Waals surface area (Å²) in [6.45, 7) is 14.2. The fraction of sp³-hybridized carbons (Fsp3) is 0.679. The van der Waals surface area contributed by atoms with Crippen molar-refractivity contribution in [2.24, 2.45) is 0 Å². The highest BCUT2D eigenvalue weighted by Gasteiger charge is 2.29. The zero-order valence-electron chi connectivity index (χ0n) is 34.4. The van der Waals surface area contributed by atoms with E-state index in [0.717, 1.165) is 24.3 Å². The fourth-order valence-electron chi connectivity index (χ4n) is 2.18. The number of ether oxygens (including phenoxy) is 5. The van der Waals surface area contributed by atoms with Gasteiger partial charge in [-0.05, 0) is 55.4 Å². The van der Waals surface area contributed by atoms with Gasteiger partial charge in [-0.15, -0.1) is 0 Å². The Labute approximate surface area is 378 Å². The summed E-state index contributed by atoms with van der Waals surface area (Å²) in [6, 6.07) is 0. The minimum atomic E-state index is -4.19. The number of hydrogen-bond donors (Lipinski definition) is 2. The first-order valence-electron chi connectivity index (χ1n) is 16.1. The Hall–Kier alpha value is -1.68. The third-order valence-corrected chi connectivity index (χ3v) is 7.67. The van der Waals surface area contributed by atoms with E-state index >= 15 is 0 Å². The monoisotopic (exact) mass is 1070 g/mol. The predicted octanol–water partition coefficient (Wildman–Crippen LogP) is 6.04. The van der Waals surface area contributed by atoms with Crippen LogP contribution in [0.3, 0.4) is 0 Å². The molecule has 24 nitrogen and oxygen atoms in total. The normalized spacial score (nSPS) is 13.1. The van der Waals surface area contributed by atoms with Crippen LogP contribution in [0, 0.1) is 0 Å². The lowest BCUT2D eigenvalue weighted by atomic mass is 10.5. The highest BCUT2D eigenvalue weighted by molar-refractivity contribution is 8.10. The van der Waals surface area contributed by atoms with Crippen molar-refractivity contribution < 1.29 is 110 Å². The average Bonchev–Trinajstić information content (AvgIpc) is 3.04. The molecule has 0 saturated carbocycles. The largest absolute Gasteiger partial charge is 0.477 e. The molecule has 0 saturated heterocycles. The number of esters is 5. The van der Waals surface area contributed by atoms with Crippen molar-refractivity contribution in [1.82, 2.24) is 0 Å². The van der Waals surface area contributed by atoms with E-state index in [0.29, 0.717) is 0 Å². The average molecular weight is 1080 g/mol. The van der Waals surface area contributed by atoms with Gasteiger partial charge in [0.2, 0.25) is 6.29 Å². The number of carbonyl (C=O) groups is 5. The molecule has 0 rings (SSSR count). The standard InChI is InChI=1S/C11H19O8P.C7H9ClO4.C4H7ClO2.C4H11O4P.C2H4Cl2O3S.ClHO3S/c1-5-16-20(14,17-6-2)19-9(3)18-11(13)8-7-10(12)15-4;1-5(8)12-7(10)4-3-6(9)11-2;1-3(5)7-4(2)6;1-3-7-9(5,6)8-4-2;1-2(3)7-8(4,5)6;1-5(2,3)4/h7-9H,5-6H2,1-4H3;3-5H,1-2H3;3H,1-2H3;3-4H2,1-2H3,(H,5,6);2H,1H3;(H,2,3,4)/b8-7+;4-3+;;;;. The number of halogens is 5. The van der Waals surface area contributed by atoms with Crippen molar-refractivity contribution in [2.45, 2.75) is 85.3 Å². The lowest BCUT2D eigenvalue weighted by Crippen LogP contribution is -2.17. The van der Waals surface area contributed by atoms with Crippen molar-refractivity contribution in [1.29, 1.82) is 0 Å². The molecule has 0 fully saturated rings. The number of alkyl halides is 3. The molecule has 0 amide bonds. The Morgan fingerprint density at radius 3 is 1.13 bits per heavy atom. The maximum absolute atomic E-state index is 12.0. The molecule has 0 bridgehead atoms. The second kappa shape index (κ2) is 41.1. The van der Waals surface area contributed by atoms with E-state index in [1.54, 1.807) is 34.6 Å². The second-order valence-corrected chi connectivity index (χ2v) is 18.0. The van der Waals surface area contributed by atoms with Gasteiger partial charge >= 0.3 is 64.2 Å². The molecular weight excluding hydrogens is 1020 g/mol. The Morgan fingerprint density at radius 2 is 0.918 bits per heavy atom. The van der Waals surface area contributed by atoms with Crippen LogP contribution in [-0.2, 0) is 102 Å². The fourth-order valence-corrected chi connectivity index (χ4v) is 5.40. The van der Waals surface area contributed by atoms with Crippen LogP contribution in [0.15, 0.2) is 24.3 Å². The smallest absolute Gasteiger partial charge is 0.466 e. The van der Waals surface area contributed by atoms with Gasteiger partial charge in [-0.3, -0.25) is 27.4 Å². The van der Waals surface area contributed by atoms with Crippen LogP contribution in [0.25, 0.3) is 0 Å². The number of hydrogen-bond acceptors (Lipinski definition) is 22. The molecule has 61 heavy (non-hydrogen) atoms. The SMILES string of the molecule is CC(=O)OC(C)Cl.CC(Cl)OS(=O)(=O)Cl.CCOP(=O)(O)OCC.CCOP(=O)(OCC)OC(C)OC(=O)/C=C/C(=O)OC.COC(=O)/C=C/C(=O)OC(C)Cl.O=S(=O)(O)Cl. The highest BCUT2D eigenvalue weighted by atomic mass is 35.7. The van der Waals surface area contributed by atoms with Crippen molar-refractivity contribution >= 4 is 120 Å². The zero-order valence-corrected chi connectivity index (χ0v) is 41.6. The van der Waals surface area contributed by atoms with Gasteiger partial charge < -0.3 is 28.6 Å². The summed E-state index contributed by atoms with van der Waals surface area (Å²) in [4.78, 5) is 61.8. The number of methoxy groups -OCH3 is 2. The van der Waals surface area contributed by atoms with Crippen LogP contribution < -0.4 is 0 Å². The van der Waals surface area contributed by atoms with Gasteiger partial charge in [0.25, 0.3) is 0 Å². The van der Waals surface area contributed by atoms with E-state index in [-0.39, 0.29) is 32.4 Å². The summed E-state index contributed by atoms with van der Waals surface area (Å²) in [5.41, 5.74) is -2.12. The molecule has 0 aromatic rings. The van der Waals surface area contributed by atoms with Gasteiger partial charge in [0.05, 0.1) is 40.6 Å². The van der Waals surface area contributed by atoms with Gasteiger partial charge in [0.15, 0.2) is 11.1 Å². The van der Waals surface area contributed by atoms with E-state index < -0.39 is 81.2 Å². The molecule has 2 N–H and O–H groups in total. The molecule has 33 heteroatoms. The number of carbonyl (C=O) groups excluding carboxylic acids is 5. The summed E-state index contributed by atoms with van der Waals surface area (Å²) in [7, 11) is -4.51. The van der Waals surface area contributed by atoms with E-state index in [2.05, 4.69) is 53.5 Å². The molecule has 0 aromatic heterocycles. The third kappa shape index (κ3) is 73.1. The lowest BCUT2D eigenvalue weighted by Gasteiger charge is -2.20. The maximum Gasteiger partial charge on any atom is 0.477 e.